The van der Waals surface area contributed by atoms with Crippen LogP contribution in [-0.4, -0.2) is 196 Å². The number of carbonyl (C=O) groups excluding carboxylic acids is 7. The minimum absolute atomic E-state index is 0.0268. The number of nitrogens with two attached hydrogens (primary N) is 3. The summed E-state index contributed by atoms with van der Waals surface area (Å²) < 4.78 is 29.3. The molecule has 0 aliphatic carbocycles. The monoisotopic (exact) mass is 949 g/mol. The van der Waals surface area contributed by atoms with Crippen molar-refractivity contribution >= 4 is 53.3 Å². The number of aliphatic carboxylic acids is 2. The number of rotatable bonds is 26. The zero-order valence-electron chi connectivity index (χ0n) is 36.8. The molecule has 3 heterocycles. The highest BCUT2D eigenvalue weighted by Crippen LogP contribution is 2.34. The summed E-state index contributed by atoms with van der Waals surface area (Å²) >= 11 is 0. The first-order chi connectivity index (χ1) is 30.9. The van der Waals surface area contributed by atoms with Gasteiger partial charge < -0.3 is 98.3 Å². The molecule has 7 amide bonds. The number of aliphatic hydroxyl groups is 3. The van der Waals surface area contributed by atoms with Gasteiger partial charge >= 0.3 is 11.9 Å². The number of unbranched alkanes of at least 4 members (excludes halogenated alkanes) is 1. The van der Waals surface area contributed by atoms with Gasteiger partial charge in [-0.15, -0.1) is 0 Å². The number of aliphatic hydroxyl groups excluding tert-OH is 3. The topological polar surface area (TPSA) is 451 Å². The van der Waals surface area contributed by atoms with Crippen LogP contribution < -0.4 is 49.1 Å². The second-order valence-corrected chi connectivity index (χ2v) is 16.1. The van der Waals surface area contributed by atoms with Crippen molar-refractivity contribution in [2.24, 2.45) is 17.2 Å². The first-order valence-electron chi connectivity index (χ1n) is 21.2. The molecule has 16 unspecified atom stereocenters. The molecule has 28 nitrogen and oxygen atoms in total. The minimum Gasteiger partial charge on any atom is -0.480 e. The van der Waals surface area contributed by atoms with E-state index in [1.54, 1.807) is 0 Å². The van der Waals surface area contributed by atoms with Crippen LogP contribution in [0.1, 0.15) is 66.2 Å². The molecule has 3 aliphatic rings. The van der Waals surface area contributed by atoms with Crippen molar-refractivity contribution in [1.82, 2.24) is 31.9 Å². The third kappa shape index (κ3) is 16.0. The molecule has 3 saturated heterocycles. The Labute approximate surface area is 378 Å². The Morgan fingerprint density at radius 3 is 2.06 bits per heavy atom. The fourth-order valence-corrected chi connectivity index (χ4v) is 7.00. The molecule has 374 valence electrons. The molecule has 0 aromatic carbocycles. The summed E-state index contributed by atoms with van der Waals surface area (Å²) in [6, 6.07) is -9.17. The van der Waals surface area contributed by atoms with Crippen LogP contribution in [0, 0.1) is 0 Å². The number of nitrogens with one attached hydrogen (secondary N) is 6. The minimum atomic E-state index is -1.64. The number of carbonyl (C=O) groups is 9. The lowest BCUT2D eigenvalue weighted by atomic mass is 9.95. The van der Waals surface area contributed by atoms with Gasteiger partial charge in [0, 0.05) is 19.9 Å². The van der Waals surface area contributed by atoms with Gasteiger partial charge in [-0.05, 0) is 46.5 Å². The Hall–Kier alpha value is -5.17. The highest BCUT2D eigenvalue weighted by Gasteiger charge is 2.55. The third-order valence-corrected chi connectivity index (χ3v) is 10.8. The van der Waals surface area contributed by atoms with Gasteiger partial charge in [-0.1, -0.05) is 0 Å². The van der Waals surface area contributed by atoms with Crippen LogP contribution >= 0.6 is 0 Å². The number of hydrogen-bond donors (Lipinski definition) is 14. The number of ether oxygens (including phenoxy) is 5. The Kier molecular flexibility index (Phi) is 21.4. The number of carboxylic acid groups (broad SMARTS) is 2. The molecular formula is C38H63N9O19. The summed E-state index contributed by atoms with van der Waals surface area (Å²) in [5, 5.41) is 63.5. The number of primary amides is 1. The lowest BCUT2D eigenvalue weighted by Crippen LogP contribution is -2.67. The van der Waals surface area contributed by atoms with Crippen molar-refractivity contribution in [3.05, 3.63) is 0 Å². The molecule has 66 heavy (non-hydrogen) atoms. The van der Waals surface area contributed by atoms with Crippen LogP contribution in [0.15, 0.2) is 0 Å². The standard InChI is InChI=1S/C38H63N9O19/c1-14(43-33(56)16(3)63-30-25(40)37-62-13-22(65-37)29(30)66-38-26(45-17(4)49)28(53)27(52)21(12-48)64-38)32(55)47-19(31(41)54)8-9-23(50)46-20(34(57)44-15(2)35(58)59)7-5-6-10-42-24(51)11-18(39)36(60)61/h14-16,18-22,25-30,37-38,48,52-53H,5-13,39-40H2,1-4H3,(H2,41,54)(H,42,51)(H,43,56)(H,44,57)(H,45,49)(H,46,50)(H,47,55)(H,58,59)(H,60,61). The molecule has 2 bridgehead atoms. The molecule has 3 aliphatic heterocycles. The number of hydrogen-bond acceptors (Lipinski definition) is 19. The predicted octanol–water partition coefficient (Wildman–Crippen LogP) is -7.41. The van der Waals surface area contributed by atoms with E-state index in [9.17, 15) is 63.6 Å². The Balaban J connectivity index is 1.59. The molecule has 28 heteroatoms. The van der Waals surface area contributed by atoms with Crippen molar-refractivity contribution in [1.29, 1.82) is 0 Å². The highest BCUT2D eigenvalue weighted by molar-refractivity contribution is 5.93. The van der Waals surface area contributed by atoms with Crippen LogP contribution in [0.4, 0.5) is 0 Å². The van der Waals surface area contributed by atoms with Crippen LogP contribution in [0.25, 0.3) is 0 Å². The van der Waals surface area contributed by atoms with Gasteiger partial charge in [0.05, 0.1) is 25.7 Å². The molecule has 0 spiro atoms. The van der Waals surface area contributed by atoms with Gasteiger partial charge in [-0.25, -0.2) is 0 Å². The van der Waals surface area contributed by atoms with E-state index in [-0.39, 0.29) is 38.8 Å². The fourth-order valence-electron chi connectivity index (χ4n) is 7.00. The van der Waals surface area contributed by atoms with Crippen LogP contribution in [0.2, 0.25) is 0 Å². The average Bonchev–Trinajstić information content (AvgIpc) is 3.70. The van der Waals surface area contributed by atoms with Gasteiger partial charge in [-0.2, -0.15) is 0 Å². The zero-order valence-corrected chi connectivity index (χ0v) is 36.8. The van der Waals surface area contributed by atoms with Crippen LogP contribution in [-0.2, 0) is 66.8 Å². The number of carboxylic acids is 2. The van der Waals surface area contributed by atoms with Crippen molar-refractivity contribution in [2.45, 2.75) is 164 Å². The Morgan fingerprint density at radius 1 is 0.788 bits per heavy atom. The maximum atomic E-state index is 13.4. The third-order valence-electron chi connectivity index (χ3n) is 10.8. The summed E-state index contributed by atoms with van der Waals surface area (Å²) in [5.74, 6) is -8.33. The lowest BCUT2D eigenvalue weighted by Gasteiger charge is -2.46. The molecule has 0 saturated carbocycles. The summed E-state index contributed by atoms with van der Waals surface area (Å²) in [5.41, 5.74) is 17.3. The van der Waals surface area contributed by atoms with Gasteiger partial charge in [-0.3, -0.25) is 43.2 Å². The summed E-state index contributed by atoms with van der Waals surface area (Å²) in [4.78, 5) is 111. The quantitative estimate of drug-likeness (QED) is 0.0358. The lowest BCUT2D eigenvalue weighted by molar-refractivity contribution is -0.312. The molecule has 3 rings (SSSR count). The van der Waals surface area contributed by atoms with Crippen molar-refractivity contribution in [3.8, 4) is 0 Å². The van der Waals surface area contributed by atoms with Crippen molar-refractivity contribution in [3.63, 3.8) is 0 Å². The largest absolute Gasteiger partial charge is 0.480 e. The van der Waals surface area contributed by atoms with E-state index in [0.717, 1.165) is 6.92 Å². The molecule has 0 aromatic heterocycles. The molecule has 16 atom stereocenters. The zero-order chi connectivity index (χ0) is 49.6. The van der Waals surface area contributed by atoms with E-state index in [2.05, 4.69) is 31.9 Å². The van der Waals surface area contributed by atoms with Crippen molar-refractivity contribution in [2.75, 3.05) is 19.8 Å². The maximum Gasteiger partial charge on any atom is 0.325 e. The molecule has 3 fully saturated rings. The van der Waals surface area contributed by atoms with Crippen LogP contribution in [0.5, 0.6) is 0 Å². The summed E-state index contributed by atoms with van der Waals surface area (Å²) in [7, 11) is 0. The van der Waals surface area contributed by atoms with Crippen molar-refractivity contribution < 1.29 is 92.4 Å². The number of fused-ring (bicyclic) bond motifs is 2. The Bertz CT molecular complexity index is 1750. The average molecular weight is 950 g/mol. The first kappa shape index (κ1) is 55.2. The van der Waals surface area contributed by atoms with Gasteiger partial charge in [0.2, 0.25) is 41.4 Å². The smallest absolute Gasteiger partial charge is 0.325 e. The van der Waals surface area contributed by atoms with E-state index in [1.807, 2.05) is 0 Å². The molecule has 0 radical (unpaired) electrons. The Morgan fingerprint density at radius 2 is 1.45 bits per heavy atom. The molecule has 0 aromatic rings. The number of amides is 7. The maximum absolute atomic E-state index is 13.4. The van der Waals surface area contributed by atoms with E-state index in [0.29, 0.717) is 0 Å². The summed E-state index contributed by atoms with van der Waals surface area (Å²) in [6.07, 6.45) is -12.4. The SMILES string of the molecule is CC(=O)NC1C(OC2C3COC(O3)C(N)C2OC(C)C(=O)NC(C)C(=O)NC(CCC(=O)NC(CCCCNC(=O)CC(N)C(=O)O)C(=O)NC(C)C(=O)O)C(N)=O)OC(CO)C(O)C1O. The highest BCUT2D eigenvalue weighted by atomic mass is 16.8. The van der Waals surface area contributed by atoms with E-state index >= 15 is 0 Å². The molecule has 17 N–H and O–H groups in total. The van der Waals surface area contributed by atoms with E-state index in [1.165, 1.54) is 20.8 Å². The fraction of sp³-hybridized carbons (Fsp3) is 0.763. The predicted molar refractivity (Wildman–Crippen MR) is 219 cm³/mol. The second-order valence-electron chi connectivity index (χ2n) is 16.1. The summed E-state index contributed by atoms with van der Waals surface area (Å²) in [6.45, 7) is 4.28. The van der Waals surface area contributed by atoms with Gasteiger partial charge in [0.15, 0.2) is 12.6 Å². The first-order valence-corrected chi connectivity index (χ1v) is 21.2. The second kappa shape index (κ2) is 25.7. The van der Waals surface area contributed by atoms with E-state index in [4.69, 9.17) is 46.0 Å². The van der Waals surface area contributed by atoms with E-state index < -0.39 is 170 Å². The van der Waals surface area contributed by atoms with Gasteiger partial charge in [0.25, 0.3) is 0 Å². The molecular weight excluding hydrogens is 886 g/mol. The normalized spacial score (nSPS) is 28.5. The van der Waals surface area contributed by atoms with Crippen LogP contribution in [0.3, 0.4) is 0 Å². The van der Waals surface area contributed by atoms with Gasteiger partial charge in [0.1, 0.15) is 79.0 Å².